The third-order valence-corrected chi connectivity index (χ3v) is 7.95. The van der Waals surface area contributed by atoms with Crippen molar-refractivity contribution in [1.29, 1.82) is 0 Å². The van der Waals surface area contributed by atoms with Crippen LogP contribution in [0.25, 0.3) is 0 Å². The zero-order valence-electron chi connectivity index (χ0n) is 14.9. The number of aliphatic hydroxyl groups excluding tert-OH is 1. The molecule has 1 saturated heterocycles. The Kier molecular flexibility index (Phi) is 2.76. The maximum Gasteiger partial charge on any atom is 0.137 e. The number of ether oxygens (including phenoxy) is 1. The minimum atomic E-state index is -0.768. The van der Waals surface area contributed by atoms with E-state index in [9.17, 15) is 10.2 Å². The molecular weight excluding hydrogens is 314 g/mol. The van der Waals surface area contributed by atoms with Crippen molar-refractivity contribution in [3.8, 4) is 5.75 Å². The number of nitrogens with zero attached hydrogens (tertiary/aromatic N) is 1. The summed E-state index contributed by atoms with van der Waals surface area (Å²) in [5, 5.41) is 22.9. The summed E-state index contributed by atoms with van der Waals surface area (Å²) in [4.78, 5) is 2.57. The lowest BCUT2D eigenvalue weighted by atomic mass is 9.48. The SMILES string of the molecule is Cc1ccc2c3c1OC1[C@H](O)CC[C@@]4(O)[C@@H](C2)N(CC2CC2)CC[C@]314. The fraction of sp³-hybridized carbons (Fsp3) is 0.714. The number of piperidine rings is 1. The molecule has 2 N–H and O–H groups in total. The molecule has 5 aliphatic rings. The van der Waals surface area contributed by atoms with Crippen molar-refractivity contribution in [2.45, 2.75) is 74.7 Å². The van der Waals surface area contributed by atoms with Gasteiger partial charge in [0.1, 0.15) is 11.9 Å². The van der Waals surface area contributed by atoms with Crippen LogP contribution in [0.2, 0.25) is 0 Å². The summed E-state index contributed by atoms with van der Waals surface area (Å²) >= 11 is 0. The third-order valence-electron chi connectivity index (χ3n) is 7.95. The molecule has 1 aromatic carbocycles. The second-order valence-corrected chi connectivity index (χ2v) is 9.19. The van der Waals surface area contributed by atoms with E-state index in [1.54, 1.807) is 0 Å². The average molecular weight is 341 g/mol. The zero-order valence-corrected chi connectivity index (χ0v) is 14.9. The molecule has 2 heterocycles. The Morgan fingerprint density at radius 2 is 2.08 bits per heavy atom. The van der Waals surface area contributed by atoms with Crippen LogP contribution in [0.3, 0.4) is 0 Å². The largest absolute Gasteiger partial charge is 0.486 e. The summed E-state index contributed by atoms with van der Waals surface area (Å²) in [5.74, 6) is 1.79. The summed E-state index contributed by atoms with van der Waals surface area (Å²) in [6.07, 6.45) is 5.07. The highest BCUT2D eigenvalue weighted by Crippen LogP contribution is 2.64. The van der Waals surface area contributed by atoms with Gasteiger partial charge in [-0.05, 0) is 69.0 Å². The molecule has 6 rings (SSSR count). The van der Waals surface area contributed by atoms with E-state index < -0.39 is 17.1 Å². The Bertz CT molecular complexity index is 760. The fourth-order valence-electron chi connectivity index (χ4n) is 6.60. The quantitative estimate of drug-likeness (QED) is 0.863. The van der Waals surface area contributed by atoms with E-state index in [0.717, 1.165) is 43.2 Å². The number of hydrogen-bond acceptors (Lipinski definition) is 4. The standard InChI is InChI=1S/C21H27NO3/c1-12-2-5-14-10-16-21(24)7-6-15(23)19-20(21,17(14)18(12)25-19)8-9-22(16)11-13-3-4-13/h2,5,13,15-16,19,23-24H,3-4,6-11H2,1H3/t15-,16-,19?,20+,21-/m1/s1. The lowest BCUT2D eigenvalue weighted by Crippen LogP contribution is -2.77. The maximum absolute atomic E-state index is 12.1. The highest BCUT2D eigenvalue weighted by molar-refractivity contribution is 5.60. The number of likely N-dealkylation sites (tertiary alicyclic amines) is 1. The minimum absolute atomic E-state index is 0.168. The van der Waals surface area contributed by atoms with Crippen molar-refractivity contribution < 1.29 is 14.9 Å². The summed E-state index contributed by atoms with van der Waals surface area (Å²) in [5.41, 5.74) is 2.53. The van der Waals surface area contributed by atoms with Gasteiger partial charge in [-0.3, -0.25) is 4.90 Å². The predicted molar refractivity (Wildman–Crippen MR) is 93.9 cm³/mol. The van der Waals surface area contributed by atoms with Gasteiger partial charge in [0.25, 0.3) is 0 Å². The van der Waals surface area contributed by atoms with Crippen molar-refractivity contribution >= 4 is 0 Å². The summed E-state index contributed by atoms with van der Waals surface area (Å²) in [6.45, 7) is 4.23. The summed E-state index contributed by atoms with van der Waals surface area (Å²) in [6, 6.07) is 4.57. The molecule has 1 spiro atoms. The van der Waals surface area contributed by atoms with Crippen LogP contribution >= 0.6 is 0 Å². The molecule has 0 aromatic heterocycles. The Hall–Kier alpha value is -1.10. The van der Waals surface area contributed by atoms with E-state index in [0.29, 0.717) is 12.8 Å². The number of aliphatic hydroxyl groups is 2. The second kappa shape index (κ2) is 4.59. The summed E-state index contributed by atoms with van der Waals surface area (Å²) in [7, 11) is 0. The van der Waals surface area contributed by atoms with Crippen LogP contribution in [-0.4, -0.2) is 52.1 Å². The van der Waals surface area contributed by atoms with E-state index >= 15 is 0 Å². The molecule has 0 amide bonds. The van der Waals surface area contributed by atoms with Gasteiger partial charge in [-0.1, -0.05) is 12.1 Å². The first-order chi connectivity index (χ1) is 12.0. The number of benzene rings is 1. The first-order valence-electron chi connectivity index (χ1n) is 9.99. The van der Waals surface area contributed by atoms with E-state index in [2.05, 4.69) is 24.0 Å². The van der Waals surface area contributed by atoms with Crippen molar-refractivity contribution in [2.24, 2.45) is 5.92 Å². The molecule has 2 aliphatic heterocycles. The first-order valence-corrected chi connectivity index (χ1v) is 9.99. The molecular formula is C21H27NO3. The molecule has 1 unspecified atom stereocenters. The molecule has 3 aliphatic carbocycles. The van der Waals surface area contributed by atoms with Crippen LogP contribution in [0.1, 0.15) is 48.8 Å². The second-order valence-electron chi connectivity index (χ2n) is 9.19. The fourth-order valence-corrected chi connectivity index (χ4v) is 6.60. The van der Waals surface area contributed by atoms with E-state index in [1.807, 2.05) is 0 Å². The van der Waals surface area contributed by atoms with Crippen LogP contribution in [-0.2, 0) is 11.8 Å². The van der Waals surface area contributed by atoms with Crippen LogP contribution in [0.5, 0.6) is 5.75 Å². The van der Waals surface area contributed by atoms with Gasteiger partial charge < -0.3 is 14.9 Å². The van der Waals surface area contributed by atoms with Gasteiger partial charge in [0.05, 0.1) is 17.1 Å². The van der Waals surface area contributed by atoms with Crippen molar-refractivity contribution in [3.05, 3.63) is 28.8 Å². The van der Waals surface area contributed by atoms with E-state index in [1.165, 1.54) is 24.0 Å². The molecule has 1 aromatic rings. The molecule has 2 bridgehead atoms. The lowest BCUT2D eigenvalue weighted by Gasteiger charge is -2.63. The van der Waals surface area contributed by atoms with Gasteiger partial charge in [-0.15, -0.1) is 0 Å². The molecule has 4 nitrogen and oxygen atoms in total. The van der Waals surface area contributed by atoms with Gasteiger partial charge in [0.2, 0.25) is 0 Å². The van der Waals surface area contributed by atoms with E-state index in [-0.39, 0.29) is 12.1 Å². The van der Waals surface area contributed by atoms with E-state index in [4.69, 9.17) is 4.74 Å². The molecule has 25 heavy (non-hydrogen) atoms. The Labute approximate surface area is 148 Å². The average Bonchev–Trinajstić information content (AvgIpc) is 3.32. The maximum atomic E-state index is 12.1. The number of hydrogen-bond donors (Lipinski definition) is 2. The lowest BCUT2D eigenvalue weighted by molar-refractivity contribution is -0.208. The zero-order chi connectivity index (χ0) is 17.0. The Balaban J connectivity index is 1.57. The Morgan fingerprint density at radius 1 is 1.24 bits per heavy atom. The van der Waals surface area contributed by atoms with Crippen LogP contribution < -0.4 is 4.74 Å². The van der Waals surface area contributed by atoms with Gasteiger partial charge >= 0.3 is 0 Å². The monoisotopic (exact) mass is 341 g/mol. The smallest absolute Gasteiger partial charge is 0.137 e. The van der Waals surface area contributed by atoms with Gasteiger partial charge in [-0.25, -0.2) is 0 Å². The van der Waals surface area contributed by atoms with Gasteiger partial charge in [0, 0.05) is 18.2 Å². The minimum Gasteiger partial charge on any atom is -0.486 e. The molecule has 5 atom stereocenters. The molecule has 4 heteroatoms. The highest BCUT2D eigenvalue weighted by Gasteiger charge is 2.72. The van der Waals surface area contributed by atoms with Crippen LogP contribution in [0.15, 0.2) is 12.1 Å². The van der Waals surface area contributed by atoms with Crippen LogP contribution in [0.4, 0.5) is 0 Å². The molecule has 2 saturated carbocycles. The molecule has 3 fully saturated rings. The normalized spacial score (nSPS) is 44.4. The first kappa shape index (κ1) is 15.0. The molecule has 134 valence electrons. The molecule has 0 radical (unpaired) electrons. The van der Waals surface area contributed by atoms with Crippen molar-refractivity contribution in [2.75, 3.05) is 13.1 Å². The van der Waals surface area contributed by atoms with Crippen molar-refractivity contribution in [3.63, 3.8) is 0 Å². The number of aryl methyl sites for hydroxylation is 1. The topological polar surface area (TPSA) is 52.9 Å². The Morgan fingerprint density at radius 3 is 2.88 bits per heavy atom. The van der Waals surface area contributed by atoms with Gasteiger partial charge in [-0.2, -0.15) is 0 Å². The van der Waals surface area contributed by atoms with Crippen LogP contribution in [0, 0.1) is 12.8 Å². The summed E-state index contributed by atoms with van der Waals surface area (Å²) < 4.78 is 6.39. The number of rotatable bonds is 2. The van der Waals surface area contributed by atoms with Crippen molar-refractivity contribution in [1.82, 2.24) is 4.90 Å². The van der Waals surface area contributed by atoms with Gasteiger partial charge in [0.15, 0.2) is 0 Å². The third kappa shape index (κ3) is 1.65. The highest BCUT2D eigenvalue weighted by atomic mass is 16.5. The predicted octanol–water partition coefficient (Wildman–Crippen LogP) is 1.92.